The van der Waals surface area contributed by atoms with Crippen LogP contribution in [0.3, 0.4) is 0 Å². The molecule has 3 nitrogen and oxygen atoms in total. The number of pyridine rings is 1. The van der Waals surface area contributed by atoms with Gasteiger partial charge in [0.1, 0.15) is 0 Å². The molecule has 1 atom stereocenters. The van der Waals surface area contributed by atoms with Crippen molar-refractivity contribution in [2.75, 3.05) is 13.7 Å². The lowest BCUT2D eigenvalue weighted by Crippen LogP contribution is -2.28. The SMILES string of the molecule is COCC(N)Cc1cncc(Br)c1. The van der Waals surface area contributed by atoms with Gasteiger partial charge in [-0.15, -0.1) is 0 Å². The summed E-state index contributed by atoms with van der Waals surface area (Å²) in [6.07, 6.45) is 4.37. The zero-order valence-corrected chi connectivity index (χ0v) is 9.12. The molecule has 0 fully saturated rings. The van der Waals surface area contributed by atoms with Crippen molar-refractivity contribution in [3.63, 3.8) is 0 Å². The van der Waals surface area contributed by atoms with Crippen molar-refractivity contribution in [1.82, 2.24) is 4.98 Å². The summed E-state index contributed by atoms with van der Waals surface area (Å²) in [4.78, 5) is 4.05. The average molecular weight is 245 g/mol. The highest BCUT2D eigenvalue weighted by Crippen LogP contribution is 2.10. The van der Waals surface area contributed by atoms with Crippen LogP contribution in [0.5, 0.6) is 0 Å². The number of hydrogen-bond acceptors (Lipinski definition) is 3. The van der Waals surface area contributed by atoms with Gasteiger partial charge in [0, 0.05) is 30.0 Å². The van der Waals surface area contributed by atoms with Gasteiger partial charge in [-0.1, -0.05) is 0 Å². The second-order valence-electron chi connectivity index (χ2n) is 2.93. The van der Waals surface area contributed by atoms with Gasteiger partial charge in [-0.2, -0.15) is 0 Å². The smallest absolute Gasteiger partial charge is 0.0616 e. The van der Waals surface area contributed by atoms with E-state index in [4.69, 9.17) is 10.5 Å². The fourth-order valence-corrected chi connectivity index (χ4v) is 1.56. The second-order valence-corrected chi connectivity index (χ2v) is 3.85. The molecule has 2 N–H and O–H groups in total. The molecule has 13 heavy (non-hydrogen) atoms. The molecule has 0 saturated heterocycles. The fourth-order valence-electron chi connectivity index (χ4n) is 1.14. The van der Waals surface area contributed by atoms with E-state index < -0.39 is 0 Å². The number of hydrogen-bond donors (Lipinski definition) is 1. The summed E-state index contributed by atoms with van der Waals surface area (Å²) in [5.74, 6) is 0. The van der Waals surface area contributed by atoms with Gasteiger partial charge < -0.3 is 10.5 Å². The van der Waals surface area contributed by atoms with Crippen LogP contribution in [0.15, 0.2) is 22.9 Å². The highest BCUT2D eigenvalue weighted by atomic mass is 79.9. The van der Waals surface area contributed by atoms with Crippen LogP contribution in [-0.4, -0.2) is 24.7 Å². The van der Waals surface area contributed by atoms with Crippen molar-refractivity contribution in [1.29, 1.82) is 0 Å². The van der Waals surface area contributed by atoms with E-state index in [-0.39, 0.29) is 6.04 Å². The predicted molar refractivity (Wildman–Crippen MR) is 55.5 cm³/mol. The van der Waals surface area contributed by atoms with Crippen LogP contribution in [-0.2, 0) is 11.2 Å². The maximum atomic E-state index is 5.80. The second kappa shape index (κ2) is 5.32. The summed E-state index contributed by atoms with van der Waals surface area (Å²) in [6.45, 7) is 0.576. The van der Waals surface area contributed by atoms with E-state index >= 15 is 0 Å². The van der Waals surface area contributed by atoms with E-state index in [1.54, 1.807) is 13.3 Å². The Hall–Kier alpha value is -0.450. The third kappa shape index (κ3) is 3.85. The summed E-state index contributed by atoms with van der Waals surface area (Å²) in [5, 5.41) is 0. The Morgan fingerprint density at radius 2 is 2.38 bits per heavy atom. The Morgan fingerprint density at radius 1 is 1.62 bits per heavy atom. The summed E-state index contributed by atoms with van der Waals surface area (Å²) in [5.41, 5.74) is 6.92. The molecule has 0 aliphatic carbocycles. The normalized spacial score (nSPS) is 12.8. The Bertz CT molecular complexity index is 268. The lowest BCUT2D eigenvalue weighted by molar-refractivity contribution is 0.180. The molecule has 0 aromatic carbocycles. The standard InChI is InChI=1S/C9H13BrN2O/c1-13-6-9(11)3-7-2-8(10)5-12-4-7/h2,4-5,9H,3,6,11H2,1H3. The predicted octanol–water partition coefficient (Wildman–Crippen LogP) is 1.36. The molecule has 4 heteroatoms. The lowest BCUT2D eigenvalue weighted by Gasteiger charge is -2.09. The topological polar surface area (TPSA) is 48.1 Å². The molecule has 0 radical (unpaired) electrons. The molecule has 1 aromatic rings. The van der Waals surface area contributed by atoms with E-state index in [9.17, 15) is 0 Å². The zero-order valence-electron chi connectivity index (χ0n) is 7.53. The van der Waals surface area contributed by atoms with Crippen molar-refractivity contribution in [3.05, 3.63) is 28.5 Å². The van der Waals surface area contributed by atoms with E-state index in [1.807, 2.05) is 12.3 Å². The first kappa shape index (κ1) is 10.6. The van der Waals surface area contributed by atoms with Crippen molar-refractivity contribution in [2.24, 2.45) is 5.73 Å². The molecule has 0 bridgehead atoms. The van der Waals surface area contributed by atoms with Crippen LogP contribution in [0.2, 0.25) is 0 Å². The molecular formula is C9H13BrN2O. The molecule has 0 aliphatic rings. The number of aromatic nitrogens is 1. The Balaban J connectivity index is 2.53. The van der Waals surface area contributed by atoms with Gasteiger partial charge in [-0.3, -0.25) is 4.98 Å². The number of rotatable bonds is 4. The van der Waals surface area contributed by atoms with Gasteiger partial charge in [0.2, 0.25) is 0 Å². The molecule has 0 aliphatic heterocycles. The Labute approximate surface area is 86.4 Å². The number of halogens is 1. The molecular weight excluding hydrogens is 232 g/mol. The first-order chi connectivity index (χ1) is 6.22. The van der Waals surface area contributed by atoms with Gasteiger partial charge in [0.15, 0.2) is 0 Å². The van der Waals surface area contributed by atoms with Gasteiger partial charge >= 0.3 is 0 Å². The van der Waals surface area contributed by atoms with E-state index in [0.29, 0.717) is 6.61 Å². The Kier molecular flexibility index (Phi) is 4.35. The maximum Gasteiger partial charge on any atom is 0.0616 e. The van der Waals surface area contributed by atoms with Crippen LogP contribution in [0.1, 0.15) is 5.56 Å². The third-order valence-electron chi connectivity index (χ3n) is 1.64. The maximum absolute atomic E-state index is 5.80. The van der Waals surface area contributed by atoms with Crippen LogP contribution in [0.25, 0.3) is 0 Å². The molecule has 0 amide bonds. The Morgan fingerprint density at radius 3 is 3.00 bits per heavy atom. The molecule has 1 heterocycles. The van der Waals surface area contributed by atoms with Crippen molar-refractivity contribution in [3.8, 4) is 0 Å². The molecule has 1 aromatic heterocycles. The van der Waals surface area contributed by atoms with Gasteiger partial charge in [0.05, 0.1) is 6.61 Å². The number of methoxy groups -OCH3 is 1. The summed E-state index contributed by atoms with van der Waals surface area (Å²) < 4.78 is 5.93. The van der Waals surface area contributed by atoms with Crippen molar-refractivity contribution < 1.29 is 4.74 Å². The lowest BCUT2D eigenvalue weighted by atomic mass is 10.1. The molecule has 1 unspecified atom stereocenters. The van der Waals surface area contributed by atoms with E-state index in [1.165, 1.54) is 0 Å². The van der Waals surface area contributed by atoms with Crippen LogP contribution in [0.4, 0.5) is 0 Å². The van der Waals surface area contributed by atoms with Crippen LogP contribution in [0, 0.1) is 0 Å². The quantitative estimate of drug-likeness (QED) is 0.871. The number of ether oxygens (including phenoxy) is 1. The summed E-state index contributed by atoms with van der Waals surface area (Å²) in [6, 6.07) is 2.06. The first-order valence-corrected chi connectivity index (χ1v) is 4.85. The van der Waals surface area contributed by atoms with Gasteiger partial charge in [-0.25, -0.2) is 0 Å². The highest BCUT2D eigenvalue weighted by molar-refractivity contribution is 9.10. The minimum atomic E-state index is 0.0427. The fraction of sp³-hybridized carbons (Fsp3) is 0.444. The molecule has 0 spiro atoms. The van der Waals surface area contributed by atoms with Crippen molar-refractivity contribution >= 4 is 15.9 Å². The van der Waals surface area contributed by atoms with Gasteiger partial charge in [-0.05, 0) is 34.0 Å². The summed E-state index contributed by atoms with van der Waals surface area (Å²) >= 11 is 3.36. The molecule has 72 valence electrons. The van der Waals surface area contributed by atoms with Gasteiger partial charge in [0.25, 0.3) is 0 Å². The molecule has 1 rings (SSSR count). The minimum absolute atomic E-state index is 0.0427. The number of nitrogens with zero attached hydrogens (tertiary/aromatic N) is 1. The first-order valence-electron chi connectivity index (χ1n) is 4.06. The van der Waals surface area contributed by atoms with E-state index in [0.717, 1.165) is 16.5 Å². The van der Waals surface area contributed by atoms with E-state index in [2.05, 4.69) is 20.9 Å². The highest BCUT2D eigenvalue weighted by Gasteiger charge is 2.03. The zero-order chi connectivity index (χ0) is 9.68. The minimum Gasteiger partial charge on any atom is -0.383 e. The average Bonchev–Trinajstić information content (AvgIpc) is 2.04. The largest absolute Gasteiger partial charge is 0.383 e. The monoisotopic (exact) mass is 244 g/mol. The summed E-state index contributed by atoms with van der Waals surface area (Å²) in [7, 11) is 1.65. The number of nitrogens with two attached hydrogens (primary N) is 1. The van der Waals surface area contributed by atoms with Crippen LogP contribution < -0.4 is 5.73 Å². The third-order valence-corrected chi connectivity index (χ3v) is 2.07. The van der Waals surface area contributed by atoms with Crippen LogP contribution >= 0.6 is 15.9 Å². The van der Waals surface area contributed by atoms with Crippen molar-refractivity contribution in [2.45, 2.75) is 12.5 Å². The molecule has 0 saturated carbocycles.